The summed E-state index contributed by atoms with van der Waals surface area (Å²) in [6.45, 7) is 0.177. The van der Waals surface area contributed by atoms with Gasteiger partial charge in [-0.25, -0.2) is 0 Å². The predicted octanol–water partition coefficient (Wildman–Crippen LogP) is 2.51. The molecule has 1 aliphatic rings. The van der Waals surface area contributed by atoms with Crippen molar-refractivity contribution in [2.75, 3.05) is 13.9 Å². The first kappa shape index (κ1) is 11.9. The minimum absolute atomic E-state index is 0.177. The summed E-state index contributed by atoms with van der Waals surface area (Å²) in [6.07, 6.45) is -0.759. The molecule has 0 amide bonds. The number of benzene rings is 2. The van der Waals surface area contributed by atoms with Crippen molar-refractivity contribution < 1.29 is 19.3 Å². The molecule has 0 unspecified atom stereocenters. The van der Waals surface area contributed by atoms with Crippen molar-refractivity contribution >= 4 is 0 Å². The number of methoxy groups -OCH3 is 1. The number of aliphatic hydroxyl groups is 1. The van der Waals surface area contributed by atoms with Crippen LogP contribution in [0.1, 0.15) is 17.2 Å². The van der Waals surface area contributed by atoms with Crippen molar-refractivity contribution in [1.82, 2.24) is 0 Å². The van der Waals surface area contributed by atoms with Gasteiger partial charge in [-0.15, -0.1) is 0 Å². The van der Waals surface area contributed by atoms with Crippen molar-refractivity contribution in [1.29, 1.82) is 0 Å². The number of hydrogen-bond acceptors (Lipinski definition) is 4. The monoisotopic (exact) mass is 258 g/mol. The minimum Gasteiger partial charge on any atom is -0.492 e. The first-order valence-corrected chi connectivity index (χ1v) is 6.00. The first-order valence-electron chi connectivity index (χ1n) is 6.00. The number of fused-ring (bicyclic) bond motifs is 1. The van der Waals surface area contributed by atoms with Crippen LogP contribution < -0.4 is 14.2 Å². The van der Waals surface area contributed by atoms with E-state index in [1.54, 1.807) is 19.2 Å². The van der Waals surface area contributed by atoms with Crippen LogP contribution in [0.5, 0.6) is 17.2 Å². The molecule has 4 nitrogen and oxygen atoms in total. The van der Waals surface area contributed by atoms with Crippen LogP contribution in [0.3, 0.4) is 0 Å². The predicted molar refractivity (Wildman–Crippen MR) is 69.6 cm³/mol. The van der Waals surface area contributed by atoms with Crippen molar-refractivity contribution in [3.63, 3.8) is 0 Å². The summed E-state index contributed by atoms with van der Waals surface area (Å²) >= 11 is 0. The van der Waals surface area contributed by atoms with Crippen molar-refractivity contribution in [3.8, 4) is 17.2 Å². The fraction of sp³-hybridized carbons (Fsp3) is 0.200. The quantitative estimate of drug-likeness (QED) is 0.919. The molecule has 1 N–H and O–H groups in total. The average molecular weight is 258 g/mol. The molecule has 0 aromatic heterocycles. The zero-order valence-corrected chi connectivity index (χ0v) is 10.5. The Morgan fingerprint density at radius 1 is 1.11 bits per heavy atom. The highest BCUT2D eigenvalue weighted by Gasteiger charge is 2.25. The fourth-order valence-corrected chi connectivity index (χ4v) is 2.20. The third-order valence-corrected chi connectivity index (χ3v) is 3.14. The second-order valence-corrected chi connectivity index (χ2v) is 4.24. The molecule has 4 heteroatoms. The molecule has 1 heterocycles. The van der Waals surface area contributed by atoms with Gasteiger partial charge in [0.05, 0.1) is 7.11 Å². The van der Waals surface area contributed by atoms with Crippen LogP contribution in [0, 0.1) is 0 Å². The molecule has 19 heavy (non-hydrogen) atoms. The summed E-state index contributed by atoms with van der Waals surface area (Å²) in [5.41, 5.74) is 1.47. The molecule has 0 saturated carbocycles. The van der Waals surface area contributed by atoms with Crippen molar-refractivity contribution in [2.45, 2.75) is 6.10 Å². The van der Waals surface area contributed by atoms with Gasteiger partial charge in [-0.2, -0.15) is 0 Å². The maximum atomic E-state index is 10.5. The smallest absolute Gasteiger partial charge is 0.231 e. The van der Waals surface area contributed by atoms with E-state index in [0.717, 1.165) is 5.56 Å². The van der Waals surface area contributed by atoms with Gasteiger partial charge in [-0.1, -0.05) is 30.3 Å². The summed E-state index contributed by atoms with van der Waals surface area (Å²) in [6, 6.07) is 13.0. The van der Waals surface area contributed by atoms with Gasteiger partial charge in [0.25, 0.3) is 0 Å². The second-order valence-electron chi connectivity index (χ2n) is 4.24. The molecule has 0 spiro atoms. The minimum atomic E-state index is -0.759. The standard InChI is InChI=1S/C15H14O4/c1-17-14-11(7-8-12-15(14)19-9-18-12)13(16)10-5-3-2-4-6-10/h2-8,13,16H,9H2,1H3/t13-/m0/s1. The van der Waals surface area contributed by atoms with Crippen LogP contribution >= 0.6 is 0 Å². The Morgan fingerprint density at radius 3 is 2.63 bits per heavy atom. The largest absolute Gasteiger partial charge is 0.492 e. The molecular formula is C15H14O4. The lowest BCUT2D eigenvalue weighted by molar-refractivity contribution is 0.170. The summed E-state index contributed by atoms with van der Waals surface area (Å²) in [5.74, 6) is 1.71. The highest BCUT2D eigenvalue weighted by atomic mass is 16.7. The summed E-state index contributed by atoms with van der Waals surface area (Å²) in [5, 5.41) is 10.5. The highest BCUT2D eigenvalue weighted by Crippen LogP contribution is 2.45. The van der Waals surface area contributed by atoms with Gasteiger partial charge in [0.15, 0.2) is 11.5 Å². The van der Waals surface area contributed by atoms with E-state index in [1.165, 1.54) is 0 Å². The molecular weight excluding hydrogens is 244 g/mol. The Kier molecular flexibility index (Phi) is 3.01. The SMILES string of the molecule is COc1c([C@@H](O)c2ccccc2)ccc2c1OCO2. The molecule has 2 aromatic carbocycles. The lowest BCUT2D eigenvalue weighted by Crippen LogP contribution is -2.03. The second kappa shape index (κ2) is 4.82. The maximum Gasteiger partial charge on any atom is 0.231 e. The Balaban J connectivity index is 2.06. The van der Waals surface area contributed by atoms with Crippen LogP contribution in [-0.2, 0) is 0 Å². The highest BCUT2D eigenvalue weighted by molar-refractivity contribution is 5.58. The van der Waals surface area contributed by atoms with E-state index in [1.807, 2.05) is 30.3 Å². The zero-order valence-electron chi connectivity index (χ0n) is 10.5. The Bertz CT molecular complexity index is 580. The molecule has 1 aliphatic heterocycles. The molecule has 0 bridgehead atoms. The van der Waals surface area contributed by atoms with Gasteiger partial charge in [0, 0.05) is 5.56 Å². The van der Waals surface area contributed by atoms with Gasteiger partial charge in [-0.3, -0.25) is 0 Å². The molecule has 2 aromatic rings. The lowest BCUT2D eigenvalue weighted by Gasteiger charge is -2.16. The zero-order chi connectivity index (χ0) is 13.2. The van der Waals surface area contributed by atoms with E-state index >= 15 is 0 Å². The summed E-state index contributed by atoms with van der Waals surface area (Å²) in [4.78, 5) is 0. The molecule has 0 saturated heterocycles. The number of ether oxygens (including phenoxy) is 3. The third-order valence-electron chi connectivity index (χ3n) is 3.14. The van der Waals surface area contributed by atoms with Crippen molar-refractivity contribution in [3.05, 3.63) is 53.6 Å². The molecule has 0 radical (unpaired) electrons. The van der Waals surface area contributed by atoms with Crippen LogP contribution in [0.25, 0.3) is 0 Å². The van der Waals surface area contributed by atoms with Gasteiger partial charge >= 0.3 is 0 Å². The van der Waals surface area contributed by atoms with Crippen molar-refractivity contribution in [2.24, 2.45) is 0 Å². The van der Waals surface area contributed by atoms with E-state index in [0.29, 0.717) is 22.8 Å². The first-order chi connectivity index (χ1) is 9.31. The number of aliphatic hydroxyl groups excluding tert-OH is 1. The number of rotatable bonds is 3. The molecule has 98 valence electrons. The fourth-order valence-electron chi connectivity index (χ4n) is 2.20. The van der Waals surface area contributed by atoms with E-state index < -0.39 is 6.10 Å². The topological polar surface area (TPSA) is 47.9 Å². The van der Waals surface area contributed by atoms with Crippen LogP contribution in [0.4, 0.5) is 0 Å². The molecule has 0 fully saturated rings. The van der Waals surface area contributed by atoms with Gasteiger partial charge < -0.3 is 19.3 Å². The molecule has 0 aliphatic carbocycles. The Hall–Kier alpha value is -2.20. The van der Waals surface area contributed by atoms with Gasteiger partial charge in [0.2, 0.25) is 12.5 Å². The Labute approximate surface area is 111 Å². The molecule has 3 rings (SSSR count). The van der Waals surface area contributed by atoms with Crippen LogP contribution in [-0.4, -0.2) is 19.0 Å². The third kappa shape index (κ3) is 2.00. The van der Waals surface area contributed by atoms with E-state index in [4.69, 9.17) is 14.2 Å². The average Bonchev–Trinajstić information content (AvgIpc) is 2.94. The molecule has 1 atom stereocenters. The van der Waals surface area contributed by atoms with E-state index in [2.05, 4.69) is 0 Å². The van der Waals surface area contributed by atoms with E-state index in [9.17, 15) is 5.11 Å². The van der Waals surface area contributed by atoms with Crippen LogP contribution in [0.15, 0.2) is 42.5 Å². The Morgan fingerprint density at radius 2 is 1.89 bits per heavy atom. The maximum absolute atomic E-state index is 10.5. The summed E-state index contributed by atoms with van der Waals surface area (Å²) < 4.78 is 16.1. The van der Waals surface area contributed by atoms with Crippen LogP contribution in [0.2, 0.25) is 0 Å². The lowest BCUT2D eigenvalue weighted by atomic mass is 10.00. The normalized spacial score (nSPS) is 14.2. The van der Waals surface area contributed by atoms with Gasteiger partial charge in [0.1, 0.15) is 6.10 Å². The number of hydrogen-bond donors (Lipinski definition) is 1. The van der Waals surface area contributed by atoms with Gasteiger partial charge in [-0.05, 0) is 17.7 Å². The summed E-state index contributed by atoms with van der Waals surface area (Å²) in [7, 11) is 1.55. The van der Waals surface area contributed by atoms with E-state index in [-0.39, 0.29) is 6.79 Å².